The van der Waals surface area contributed by atoms with Crippen LogP contribution in [-0.4, -0.2) is 47.9 Å². The first-order chi connectivity index (χ1) is 9.51. The van der Waals surface area contributed by atoms with Crippen LogP contribution in [0, 0.1) is 5.92 Å². The SMILES string of the molecule is CCOC(=O)c1csc(NC(=O)C2CC(=O)N(C)C2)n1. The van der Waals surface area contributed by atoms with E-state index in [-0.39, 0.29) is 36.5 Å². The molecule has 0 radical (unpaired) electrons. The molecule has 20 heavy (non-hydrogen) atoms. The molecule has 1 saturated heterocycles. The van der Waals surface area contributed by atoms with Crippen LogP contribution in [0.3, 0.4) is 0 Å². The van der Waals surface area contributed by atoms with E-state index in [0.29, 0.717) is 11.7 Å². The highest BCUT2D eigenvalue weighted by atomic mass is 32.1. The van der Waals surface area contributed by atoms with Gasteiger partial charge in [-0.05, 0) is 6.92 Å². The number of nitrogens with zero attached hydrogens (tertiary/aromatic N) is 2. The summed E-state index contributed by atoms with van der Waals surface area (Å²) in [6.07, 6.45) is 0.207. The number of hydrogen-bond donors (Lipinski definition) is 1. The fourth-order valence-corrected chi connectivity index (χ4v) is 2.56. The molecule has 1 fully saturated rings. The number of esters is 1. The van der Waals surface area contributed by atoms with Gasteiger partial charge in [0.05, 0.1) is 12.5 Å². The molecule has 108 valence electrons. The van der Waals surface area contributed by atoms with Crippen molar-refractivity contribution in [3.05, 3.63) is 11.1 Å². The maximum Gasteiger partial charge on any atom is 0.357 e. The minimum atomic E-state index is -0.514. The summed E-state index contributed by atoms with van der Waals surface area (Å²) in [5.74, 6) is -1.19. The number of aromatic nitrogens is 1. The summed E-state index contributed by atoms with van der Waals surface area (Å²) in [7, 11) is 1.66. The van der Waals surface area contributed by atoms with Gasteiger partial charge in [-0.2, -0.15) is 0 Å². The molecule has 1 unspecified atom stereocenters. The molecule has 7 nitrogen and oxygen atoms in total. The number of anilines is 1. The summed E-state index contributed by atoms with van der Waals surface area (Å²) in [6, 6.07) is 0. The van der Waals surface area contributed by atoms with E-state index in [4.69, 9.17) is 4.74 Å². The highest BCUT2D eigenvalue weighted by molar-refractivity contribution is 7.14. The first-order valence-corrected chi connectivity index (χ1v) is 7.06. The Morgan fingerprint density at radius 3 is 2.95 bits per heavy atom. The van der Waals surface area contributed by atoms with E-state index in [0.717, 1.165) is 11.3 Å². The number of rotatable bonds is 4. The minimum absolute atomic E-state index is 0.0449. The standard InChI is InChI=1S/C12H15N3O4S/c1-3-19-11(18)8-6-20-12(13-8)14-10(17)7-4-9(16)15(2)5-7/h6-7H,3-5H2,1-2H3,(H,13,14,17). The van der Waals surface area contributed by atoms with Gasteiger partial charge in [0, 0.05) is 25.4 Å². The Morgan fingerprint density at radius 1 is 1.60 bits per heavy atom. The van der Waals surface area contributed by atoms with Gasteiger partial charge >= 0.3 is 5.97 Å². The van der Waals surface area contributed by atoms with Crippen molar-refractivity contribution in [1.29, 1.82) is 0 Å². The Labute approximate surface area is 119 Å². The fourth-order valence-electron chi connectivity index (χ4n) is 1.88. The molecular formula is C12H15N3O4S. The number of hydrogen-bond acceptors (Lipinski definition) is 6. The van der Waals surface area contributed by atoms with Crippen molar-refractivity contribution in [1.82, 2.24) is 9.88 Å². The Morgan fingerprint density at radius 2 is 2.35 bits per heavy atom. The highest BCUT2D eigenvalue weighted by Crippen LogP contribution is 2.21. The summed E-state index contributed by atoms with van der Waals surface area (Å²) < 4.78 is 4.82. The zero-order chi connectivity index (χ0) is 14.7. The maximum atomic E-state index is 12.0. The summed E-state index contributed by atoms with van der Waals surface area (Å²) >= 11 is 1.15. The number of nitrogens with one attached hydrogen (secondary N) is 1. The van der Waals surface area contributed by atoms with Gasteiger partial charge in [0.1, 0.15) is 0 Å². The van der Waals surface area contributed by atoms with Crippen LogP contribution in [0.5, 0.6) is 0 Å². The third kappa shape index (κ3) is 3.13. The molecule has 0 aromatic carbocycles. The minimum Gasteiger partial charge on any atom is -0.461 e. The lowest BCUT2D eigenvalue weighted by Crippen LogP contribution is -2.25. The molecule has 0 aliphatic carbocycles. The van der Waals surface area contributed by atoms with Crippen LogP contribution in [-0.2, 0) is 14.3 Å². The van der Waals surface area contributed by atoms with Gasteiger partial charge in [-0.1, -0.05) is 0 Å². The summed E-state index contributed by atoms with van der Waals surface area (Å²) in [4.78, 5) is 40.3. The zero-order valence-electron chi connectivity index (χ0n) is 11.2. The van der Waals surface area contributed by atoms with E-state index in [1.807, 2.05) is 0 Å². The molecule has 1 aliphatic heterocycles. The molecule has 1 atom stereocenters. The van der Waals surface area contributed by atoms with Crippen LogP contribution in [0.15, 0.2) is 5.38 Å². The molecule has 0 bridgehead atoms. The molecule has 1 aromatic rings. The largest absolute Gasteiger partial charge is 0.461 e. The number of carbonyl (C=O) groups is 3. The van der Waals surface area contributed by atoms with Crippen molar-refractivity contribution in [3.63, 3.8) is 0 Å². The van der Waals surface area contributed by atoms with Crippen LogP contribution in [0.1, 0.15) is 23.8 Å². The Balaban J connectivity index is 1.95. The van der Waals surface area contributed by atoms with Crippen LogP contribution < -0.4 is 5.32 Å². The van der Waals surface area contributed by atoms with Crippen molar-refractivity contribution in [3.8, 4) is 0 Å². The van der Waals surface area contributed by atoms with Crippen molar-refractivity contribution < 1.29 is 19.1 Å². The van der Waals surface area contributed by atoms with Gasteiger partial charge in [-0.3, -0.25) is 9.59 Å². The number of amides is 2. The van der Waals surface area contributed by atoms with Crippen LogP contribution in [0.2, 0.25) is 0 Å². The molecule has 1 aromatic heterocycles. The molecule has 2 amide bonds. The third-order valence-corrected chi connectivity index (χ3v) is 3.69. The lowest BCUT2D eigenvalue weighted by Gasteiger charge is -2.09. The third-order valence-electron chi connectivity index (χ3n) is 2.93. The number of thiazole rings is 1. The average molecular weight is 297 g/mol. The molecule has 1 aliphatic rings. The normalized spacial score (nSPS) is 18.2. The lowest BCUT2D eigenvalue weighted by molar-refractivity contribution is -0.127. The Kier molecular flexibility index (Phi) is 4.33. The smallest absolute Gasteiger partial charge is 0.357 e. The first kappa shape index (κ1) is 14.4. The second-order valence-electron chi connectivity index (χ2n) is 4.42. The van der Waals surface area contributed by atoms with E-state index >= 15 is 0 Å². The van der Waals surface area contributed by atoms with Crippen molar-refractivity contribution in [2.24, 2.45) is 5.92 Å². The van der Waals surface area contributed by atoms with E-state index in [2.05, 4.69) is 10.3 Å². The monoisotopic (exact) mass is 297 g/mol. The lowest BCUT2D eigenvalue weighted by atomic mass is 10.1. The molecule has 2 heterocycles. The van der Waals surface area contributed by atoms with Gasteiger partial charge < -0.3 is 15.0 Å². The predicted octanol–water partition coefficient (Wildman–Crippen LogP) is 0.737. The second-order valence-corrected chi connectivity index (χ2v) is 5.28. The summed E-state index contributed by atoms with van der Waals surface area (Å²) in [5.41, 5.74) is 0.173. The Hall–Kier alpha value is -1.96. The average Bonchev–Trinajstić information content (AvgIpc) is 2.98. The van der Waals surface area contributed by atoms with E-state index in [1.54, 1.807) is 14.0 Å². The van der Waals surface area contributed by atoms with E-state index in [9.17, 15) is 14.4 Å². The molecule has 1 N–H and O–H groups in total. The summed E-state index contributed by atoms with van der Waals surface area (Å²) in [6.45, 7) is 2.38. The predicted molar refractivity (Wildman–Crippen MR) is 72.4 cm³/mol. The highest BCUT2D eigenvalue weighted by Gasteiger charge is 2.32. The number of ether oxygens (including phenoxy) is 1. The van der Waals surface area contributed by atoms with Gasteiger partial charge in [-0.25, -0.2) is 9.78 Å². The first-order valence-electron chi connectivity index (χ1n) is 6.18. The molecular weight excluding hydrogens is 282 g/mol. The van der Waals surface area contributed by atoms with Crippen molar-refractivity contribution >= 4 is 34.3 Å². The Bertz CT molecular complexity index is 543. The van der Waals surface area contributed by atoms with E-state index in [1.165, 1.54) is 10.3 Å². The van der Waals surface area contributed by atoms with Crippen LogP contribution >= 0.6 is 11.3 Å². The van der Waals surface area contributed by atoms with Gasteiger partial charge in [0.2, 0.25) is 11.8 Å². The molecule has 0 saturated carbocycles. The second kappa shape index (κ2) is 6.00. The zero-order valence-corrected chi connectivity index (χ0v) is 12.0. The maximum absolute atomic E-state index is 12.0. The van der Waals surface area contributed by atoms with Crippen molar-refractivity contribution in [2.75, 3.05) is 25.5 Å². The number of carbonyl (C=O) groups excluding carboxylic acids is 3. The topological polar surface area (TPSA) is 88.6 Å². The quantitative estimate of drug-likeness (QED) is 0.828. The van der Waals surface area contributed by atoms with Crippen LogP contribution in [0.25, 0.3) is 0 Å². The van der Waals surface area contributed by atoms with Crippen LogP contribution in [0.4, 0.5) is 5.13 Å². The van der Waals surface area contributed by atoms with Gasteiger partial charge in [0.25, 0.3) is 0 Å². The fraction of sp³-hybridized carbons (Fsp3) is 0.500. The molecule has 8 heteroatoms. The van der Waals surface area contributed by atoms with Gasteiger partial charge in [-0.15, -0.1) is 11.3 Å². The number of likely N-dealkylation sites (tertiary alicyclic amines) is 1. The summed E-state index contributed by atoms with van der Waals surface area (Å²) in [5, 5.41) is 4.48. The molecule has 0 spiro atoms. The van der Waals surface area contributed by atoms with Gasteiger partial charge in [0.15, 0.2) is 10.8 Å². The molecule has 2 rings (SSSR count). The van der Waals surface area contributed by atoms with Crippen molar-refractivity contribution in [2.45, 2.75) is 13.3 Å². The van der Waals surface area contributed by atoms with E-state index < -0.39 is 5.97 Å².